The molecule has 1 N–H and O–H groups in total. The van der Waals surface area contributed by atoms with Crippen LogP contribution < -0.4 is 4.74 Å². The monoisotopic (exact) mass is 387 g/mol. The van der Waals surface area contributed by atoms with Crippen LogP contribution in [0, 0.1) is 0 Å². The van der Waals surface area contributed by atoms with Gasteiger partial charge in [0.05, 0.1) is 6.20 Å². The minimum Gasteiger partial charge on any atom is -0.508 e. The van der Waals surface area contributed by atoms with E-state index in [1.54, 1.807) is 18.3 Å². The molecule has 0 fully saturated rings. The number of hydrogen-bond donors (Lipinski definition) is 1. The fourth-order valence-corrected chi connectivity index (χ4v) is 2.32. The number of hydrogen-bond acceptors (Lipinski definition) is 5. The lowest BCUT2D eigenvalue weighted by Gasteiger charge is -2.03. The van der Waals surface area contributed by atoms with E-state index in [2.05, 4.69) is 26.2 Å². The topological polar surface area (TPSA) is 77.2 Å². The van der Waals surface area contributed by atoms with Gasteiger partial charge in [-0.2, -0.15) is 0 Å². The Morgan fingerprint density at radius 3 is 2.54 bits per heavy atom. The van der Waals surface area contributed by atoms with Crippen molar-refractivity contribution in [3.63, 3.8) is 0 Å². The van der Waals surface area contributed by atoms with Crippen LogP contribution in [0.5, 0.6) is 11.5 Å². The second-order valence-electron chi connectivity index (χ2n) is 5.12. The van der Waals surface area contributed by atoms with E-state index in [1.165, 1.54) is 16.8 Å². The summed E-state index contributed by atoms with van der Waals surface area (Å²) < 4.78 is 8.06. The first-order chi connectivity index (χ1) is 11.6. The predicted octanol–water partition coefficient (Wildman–Crippen LogP) is 3.21. The summed E-state index contributed by atoms with van der Waals surface area (Å²) in [4.78, 5) is 12.1. The van der Waals surface area contributed by atoms with Crippen molar-refractivity contribution < 1.29 is 14.6 Å². The maximum atomic E-state index is 12.1. The molecule has 0 aliphatic carbocycles. The molecule has 1 heterocycles. The highest BCUT2D eigenvalue weighted by Crippen LogP contribution is 2.17. The largest absolute Gasteiger partial charge is 0.508 e. The number of nitrogens with zero attached hydrogens (tertiary/aromatic N) is 3. The van der Waals surface area contributed by atoms with Gasteiger partial charge >= 0.3 is 0 Å². The van der Waals surface area contributed by atoms with Crippen molar-refractivity contribution in [3.05, 3.63) is 70.5 Å². The Balaban J connectivity index is 1.58. The Morgan fingerprint density at radius 1 is 1.12 bits per heavy atom. The average molecular weight is 388 g/mol. The molecule has 0 saturated heterocycles. The molecule has 2 aromatic carbocycles. The van der Waals surface area contributed by atoms with Gasteiger partial charge in [0, 0.05) is 10.0 Å². The minimum atomic E-state index is -0.111. The molecule has 6 nitrogen and oxygen atoms in total. The van der Waals surface area contributed by atoms with Gasteiger partial charge in [-0.25, -0.2) is 4.68 Å². The zero-order chi connectivity index (χ0) is 16.9. The number of aromatic hydroxyl groups is 1. The molecule has 3 aromatic rings. The van der Waals surface area contributed by atoms with Crippen molar-refractivity contribution in [2.75, 3.05) is 0 Å². The Bertz CT molecular complexity index is 829. The smallest absolute Gasteiger partial charge is 0.184 e. The molecular formula is C17H14BrN3O3. The van der Waals surface area contributed by atoms with Crippen LogP contribution >= 0.6 is 15.9 Å². The third kappa shape index (κ3) is 4.20. The van der Waals surface area contributed by atoms with E-state index in [0.717, 1.165) is 10.2 Å². The van der Waals surface area contributed by atoms with Crippen molar-refractivity contribution in [2.24, 2.45) is 0 Å². The number of phenols is 1. The first-order valence-corrected chi connectivity index (χ1v) is 7.99. The Morgan fingerprint density at radius 2 is 1.83 bits per heavy atom. The first kappa shape index (κ1) is 16.2. The summed E-state index contributed by atoms with van der Waals surface area (Å²) >= 11 is 3.36. The lowest BCUT2D eigenvalue weighted by Crippen LogP contribution is -2.10. The van der Waals surface area contributed by atoms with Crippen molar-refractivity contribution in [1.82, 2.24) is 15.0 Å². The van der Waals surface area contributed by atoms with E-state index >= 15 is 0 Å². The lowest BCUT2D eigenvalue weighted by molar-refractivity contribution is 0.0967. The van der Waals surface area contributed by atoms with Crippen LogP contribution in [0.1, 0.15) is 16.1 Å². The summed E-state index contributed by atoms with van der Waals surface area (Å²) in [5.41, 5.74) is 1.15. The Kier molecular flexibility index (Phi) is 4.90. The number of Topliss-reactive ketones (excluding diaryl/α,β-unsaturated/α-hetero) is 1. The molecule has 7 heteroatoms. The van der Waals surface area contributed by atoms with Gasteiger partial charge < -0.3 is 9.84 Å². The molecule has 24 heavy (non-hydrogen) atoms. The summed E-state index contributed by atoms with van der Waals surface area (Å²) in [7, 11) is 0. The lowest BCUT2D eigenvalue weighted by atomic mass is 10.1. The van der Waals surface area contributed by atoms with Crippen LogP contribution in [-0.2, 0) is 13.2 Å². The maximum absolute atomic E-state index is 12.1. The first-order valence-electron chi connectivity index (χ1n) is 7.20. The number of benzene rings is 2. The molecule has 0 amide bonds. The molecule has 0 aliphatic rings. The third-order valence-electron chi connectivity index (χ3n) is 3.28. The zero-order valence-corrected chi connectivity index (χ0v) is 14.2. The quantitative estimate of drug-likeness (QED) is 0.657. The van der Waals surface area contributed by atoms with Gasteiger partial charge in [0.2, 0.25) is 0 Å². The molecule has 0 saturated carbocycles. The number of carbonyl (C=O) groups is 1. The van der Waals surface area contributed by atoms with Crippen LogP contribution in [0.4, 0.5) is 0 Å². The molecule has 0 spiro atoms. The Hall–Kier alpha value is -2.67. The van der Waals surface area contributed by atoms with E-state index in [9.17, 15) is 9.90 Å². The molecule has 1 aromatic heterocycles. The highest BCUT2D eigenvalue weighted by atomic mass is 79.9. The highest BCUT2D eigenvalue weighted by Gasteiger charge is 2.09. The highest BCUT2D eigenvalue weighted by molar-refractivity contribution is 9.10. The second-order valence-corrected chi connectivity index (χ2v) is 6.04. The van der Waals surface area contributed by atoms with Crippen molar-refractivity contribution in [1.29, 1.82) is 0 Å². The second kappa shape index (κ2) is 7.27. The number of halogens is 1. The molecule has 3 rings (SSSR count). The molecular weight excluding hydrogens is 374 g/mol. The average Bonchev–Trinajstić information content (AvgIpc) is 3.02. The van der Waals surface area contributed by atoms with Gasteiger partial charge in [0.1, 0.15) is 30.3 Å². The van der Waals surface area contributed by atoms with Crippen molar-refractivity contribution in [2.45, 2.75) is 13.2 Å². The number of rotatable bonds is 6. The minimum absolute atomic E-state index is 0.0794. The van der Waals surface area contributed by atoms with E-state index in [0.29, 0.717) is 11.3 Å². The SMILES string of the molecule is O=C(Cn1cc(COc2ccc(Br)cc2)nn1)c1ccc(O)cc1. The fraction of sp³-hybridized carbons (Fsp3) is 0.118. The van der Waals surface area contributed by atoms with Gasteiger partial charge in [-0.1, -0.05) is 21.1 Å². The van der Waals surface area contributed by atoms with Gasteiger partial charge in [-0.15, -0.1) is 5.10 Å². The van der Waals surface area contributed by atoms with Gasteiger partial charge in [-0.05, 0) is 48.5 Å². The van der Waals surface area contributed by atoms with E-state index in [1.807, 2.05) is 24.3 Å². The number of phenolic OH excluding ortho intramolecular Hbond substituents is 1. The van der Waals surface area contributed by atoms with E-state index in [4.69, 9.17) is 4.74 Å². The molecule has 0 unspecified atom stereocenters. The van der Waals surface area contributed by atoms with Crippen LogP contribution in [0.2, 0.25) is 0 Å². The van der Waals surface area contributed by atoms with Crippen LogP contribution in [0.15, 0.2) is 59.2 Å². The molecule has 0 radical (unpaired) electrons. The predicted molar refractivity (Wildman–Crippen MR) is 90.9 cm³/mol. The fourth-order valence-electron chi connectivity index (χ4n) is 2.06. The van der Waals surface area contributed by atoms with E-state index < -0.39 is 0 Å². The van der Waals surface area contributed by atoms with Gasteiger partial charge in [0.15, 0.2) is 5.78 Å². The summed E-state index contributed by atoms with van der Waals surface area (Å²) in [5, 5.41) is 17.2. The van der Waals surface area contributed by atoms with E-state index in [-0.39, 0.29) is 24.7 Å². The molecule has 122 valence electrons. The van der Waals surface area contributed by atoms with Crippen LogP contribution in [0.25, 0.3) is 0 Å². The summed E-state index contributed by atoms with van der Waals surface area (Å²) in [5.74, 6) is 0.743. The summed E-state index contributed by atoms with van der Waals surface area (Å²) in [6.45, 7) is 0.352. The summed E-state index contributed by atoms with van der Waals surface area (Å²) in [6, 6.07) is 13.6. The standard InChI is InChI=1S/C17H14BrN3O3/c18-13-3-7-16(8-4-13)24-11-14-9-21(20-19-14)10-17(23)12-1-5-15(22)6-2-12/h1-9,22H,10-11H2. The van der Waals surface area contributed by atoms with Crippen molar-refractivity contribution >= 4 is 21.7 Å². The maximum Gasteiger partial charge on any atom is 0.184 e. The van der Waals surface area contributed by atoms with Crippen LogP contribution in [0.3, 0.4) is 0 Å². The number of carbonyl (C=O) groups excluding carboxylic acids is 1. The number of ketones is 1. The zero-order valence-electron chi connectivity index (χ0n) is 12.6. The molecule has 0 bridgehead atoms. The van der Waals surface area contributed by atoms with Crippen LogP contribution in [-0.4, -0.2) is 25.9 Å². The van der Waals surface area contributed by atoms with Gasteiger partial charge in [0.25, 0.3) is 0 Å². The number of aromatic nitrogens is 3. The Labute approximate surface area is 146 Å². The number of ether oxygens (including phenoxy) is 1. The molecule has 0 aliphatic heterocycles. The van der Waals surface area contributed by atoms with Crippen molar-refractivity contribution in [3.8, 4) is 11.5 Å². The van der Waals surface area contributed by atoms with Gasteiger partial charge in [-0.3, -0.25) is 4.79 Å². The normalized spacial score (nSPS) is 10.5. The summed E-state index contributed by atoms with van der Waals surface area (Å²) in [6.07, 6.45) is 1.68. The molecule has 0 atom stereocenters. The third-order valence-corrected chi connectivity index (χ3v) is 3.81.